The van der Waals surface area contributed by atoms with E-state index in [1.54, 1.807) is 30.9 Å². The number of amides is 2. The lowest BCUT2D eigenvalue weighted by molar-refractivity contribution is 0.0734. The molecule has 0 aromatic heterocycles. The molecule has 41 heavy (non-hydrogen) atoms. The maximum absolute atomic E-state index is 14.8. The van der Waals surface area contributed by atoms with Gasteiger partial charge in [0.1, 0.15) is 17.5 Å². The predicted octanol–water partition coefficient (Wildman–Crippen LogP) is 5.20. The van der Waals surface area contributed by atoms with E-state index in [0.717, 1.165) is 6.34 Å². The molecule has 0 radical (unpaired) electrons. The molecule has 0 spiro atoms. The number of allylic oxidation sites excluding steroid dienone is 3. The van der Waals surface area contributed by atoms with Crippen molar-refractivity contribution in [2.24, 2.45) is 0 Å². The Hall–Kier alpha value is -4.44. The first-order valence-electron chi connectivity index (χ1n) is 13.3. The highest BCUT2D eigenvalue weighted by molar-refractivity contribution is 6.01. The van der Waals surface area contributed by atoms with Crippen LogP contribution in [0.2, 0.25) is 0 Å². The van der Waals surface area contributed by atoms with Gasteiger partial charge in [-0.3, -0.25) is 20.4 Å². The van der Waals surface area contributed by atoms with Crippen LogP contribution < -0.4 is 5.32 Å². The van der Waals surface area contributed by atoms with Crippen LogP contribution in [0.3, 0.4) is 0 Å². The number of aliphatic hydroxyl groups is 1. The summed E-state index contributed by atoms with van der Waals surface area (Å²) in [7, 11) is 0. The molecule has 1 heterocycles. The minimum Gasteiger partial charge on any atom is -0.394 e. The Balaban J connectivity index is 0.00000287. The van der Waals surface area contributed by atoms with Gasteiger partial charge in [0.15, 0.2) is 0 Å². The first-order valence-corrected chi connectivity index (χ1v) is 13.3. The molecule has 1 unspecified atom stereocenters. The van der Waals surface area contributed by atoms with Crippen molar-refractivity contribution < 1.29 is 23.5 Å². The number of hydrogen-bond acceptors (Lipinski definition) is 5. The van der Waals surface area contributed by atoms with Crippen LogP contribution in [0.4, 0.5) is 8.78 Å². The fourth-order valence-electron chi connectivity index (χ4n) is 4.05. The van der Waals surface area contributed by atoms with Crippen LogP contribution in [0, 0.1) is 22.5 Å². The van der Waals surface area contributed by atoms with E-state index in [0.29, 0.717) is 35.2 Å². The third kappa shape index (κ3) is 8.52. The second kappa shape index (κ2) is 15.4. The number of rotatable bonds is 9. The van der Waals surface area contributed by atoms with Crippen molar-refractivity contribution in [3.63, 3.8) is 0 Å². The van der Waals surface area contributed by atoms with Crippen LogP contribution in [-0.4, -0.2) is 58.1 Å². The molecule has 2 amide bonds. The van der Waals surface area contributed by atoms with Gasteiger partial charge in [-0.1, -0.05) is 32.6 Å². The number of carbonyl (C=O) groups is 2. The molecule has 2 aromatic rings. The quantitative estimate of drug-likeness (QED) is 0.190. The van der Waals surface area contributed by atoms with E-state index in [2.05, 4.69) is 11.9 Å². The average molecular weight is 566 g/mol. The SMILES string of the molecule is C=C(/C=C\C=C(/C)C(=N)N(C=N)C(C)CO)NC(=O)c1cc2c(cc1F)CCN(C(=O)c1ccc(F)cc1)C2.CC. The number of nitrogens with zero attached hydrogens (tertiary/aromatic N) is 2. The number of amidine groups is 1. The number of halogens is 2. The molecule has 0 aliphatic carbocycles. The van der Waals surface area contributed by atoms with Crippen LogP contribution in [0.1, 0.15) is 59.5 Å². The fourth-order valence-corrected chi connectivity index (χ4v) is 4.05. The van der Waals surface area contributed by atoms with E-state index >= 15 is 0 Å². The van der Waals surface area contributed by atoms with Gasteiger partial charge >= 0.3 is 0 Å². The molecule has 10 heteroatoms. The van der Waals surface area contributed by atoms with Gasteiger partial charge in [-0.05, 0) is 79.4 Å². The highest BCUT2D eigenvalue weighted by atomic mass is 19.1. The summed E-state index contributed by atoms with van der Waals surface area (Å²) in [4.78, 5) is 28.5. The second-order valence-electron chi connectivity index (χ2n) is 9.19. The standard InChI is InChI=1S/C29H31F2N5O3.C2H6/c1-18(27(33)36(17-32)20(3)16-37)5-4-6-19(2)34-28(38)25-13-23-15-35(12-11-22(23)14-26(25)31)29(39)21-7-9-24(30)10-8-21;1-2/h4-10,13-14,17,20,32-33,37H,2,11-12,15-16H2,1,3H3,(H,34,38);1-2H3/b6-4-,18-5+,32-17?,33-27?;. The molecular formula is C31H37F2N5O3. The van der Waals surface area contributed by atoms with Crippen molar-refractivity contribution in [3.8, 4) is 0 Å². The smallest absolute Gasteiger partial charge is 0.258 e. The largest absolute Gasteiger partial charge is 0.394 e. The van der Waals surface area contributed by atoms with E-state index in [9.17, 15) is 23.5 Å². The highest BCUT2D eigenvalue weighted by Crippen LogP contribution is 2.24. The molecule has 2 aromatic carbocycles. The fraction of sp³-hybridized carbons (Fsp3) is 0.290. The molecule has 4 N–H and O–H groups in total. The number of aliphatic hydroxyl groups excluding tert-OH is 1. The van der Waals surface area contributed by atoms with Gasteiger partial charge < -0.3 is 20.2 Å². The van der Waals surface area contributed by atoms with Crippen LogP contribution in [0.15, 0.2) is 72.5 Å². The van der Waals surface area contributed by atoms with Gasteiger partial charge in [-0.25, -0.2) is 8.78 Å². The molecule has 0 bridgehead atoms. The molecule has 1 atom stereocenters. The number of carbonyl (C=O) groups excluding carboxylic acids is 2. The molecule has 218 valence electrons. The van der Waals surface area contributed by atoms with Gasteiger partial charge in [0, 0.05) is 24.4 Å². The molecule has 0 saturated heterocycles. The van der Waals surface area contributed by atoms with Crippen molar-refractivity contribution in [2.75, 3.05) is 13.2 Å². The summed E-state index contributed by atoms with van der Waals surface area (Å²) < 4.78 is 28.0. The maximum Gasteiger partial charge on any atom is 0.258 e. The zero-order valence-electron chi connectivity index (χ0n) is 23.8. The summed E-state index contributed by atoms with van der Waals surface area (Å²) >= 11 is 0. The highest BCUT2D eigenvalue weighted by Gasteiger charge is 2.25. The van der Waals surface area contributed by atoms with Gasteiger partial charge in [0.05, 0.1) is 24.6 Å². The molecule has 1 aliphatic rings. The minimum absolute atomic E-state index is 0.0360. The number of fused-ring (bicyclic) bond motifs is 1. The third-order valence-electron chi connectivity index (χ3n) is 6.35. The van der Waals surface area contributed by atoms with Gasteiger partial charge in [0.25, 0.3) is 11.8 Å². The van der Waals surface area contributed by atoms with Crippen LogP contribution in [-0.2, 0) is 13.0 Å². The Morgan fingerprint density at radius 2 is 1.85 bits per heavy atom. The Kier molecular flexibility index (Phi) is 12.3. The lowest BCUT2D eigenvalue weighted by Gasteiger charge is -2.29. The number of nitrogens with one attached hydrogen (secondary N) is 3. The van der Waals surface area contributed by atoms with E-state index in [4.69, 9.17) is 10.8 Å². The summed E-state index contributed by atoms with van der Waals surface area (Å²) in [6.07, 6.45) is 6.02. The average Bonchev–Trinajstić information content (AvgIpc) is 2.97. The monoisotopic (exact) mass is 565 g/mol. The normalized spacial score (nSPS) is 13.4. The first kappa shape index (κ1) is 32.8. The number of hydrogen-bond donors (Lipinski definition) is 4. The molecule has 1 aliphatic heterocycles. The van der Waals surface area contributed by atoms with Crippen molar-refractivity contribution in [1.82, 2.24) is 15.1 Å². The molecule has 0 saturated carbocycles. The second-order valence-corrected chi connectivity index (χ2v) is 9.19. The van der Waals surface area contributed by atoms with E-state index < -0.39 is 23.6 Å². The third-order valence-corrected chi connectivity index (χ3v) is 6.35. The lowest BCUT2D eigenvalue weighted by atomic mass is 9.96. The summed E-state index contributed by atoms with van der Waals surface area (Å²) in [5, 5.41) is 27.5. The van der Waals surface area contributed by atoms with E-state index in [-0.39, 0.29) is 36.2 Å². The van der Waals surface area contributed by atoms with Gasteiger partial charge in [-0.2, -0.15) is 0 Å². The van der Waals surface area contributed by atoms with Crippen LogP contribution in [0.5, 0.6) is 0 Å². The summed E-state index contributed by atoms with van der Waals surface area (Å²) in [5.74, 6) is -2.07. The predicted molar refractivity (Wildman–Crippen MR) is 157 cm³/mol. The van der Waals surface area contributed by atoms with Gasteiger partial charge in [-0.15, -0.1) is 0 Å². The maximum atomic E-state index is 14.8. The summed E-state index contributed by atoms with van der Waals surface area (Å²) in [5.41, 5.74) is 2.21. The molecule has 3 rings (SSSR count). The summed E-state index contributed by atoms with van der Waals surface area (Å²) in [6.45, 7) is 11.5. The van der Waals surface area contributed by atoms with Crippen LogP contribution >= 0.6 is 0 Å². The number of benzene rings is 2. The van der Waals surface area contributed by atoms with Gasteiger partial charge in [0.2, 0.25) is 0 Å². The van der Waals surface area contributed by atoms with E-state index in [1.807, 2.05) is 13.8 Å². The van der Waals surface area contributed by atoms with Crippen molar-refractivity contribution in [3.05, 3.63) is 106 Å². The summed E-state index contributed by atoms with van der Waals surface area (Å²) in [6, 6.07) is 7.56. The molecule has 8 nitrogen and oxygen atoms in total. The molecule has 0 fully saturated rings. The Bertz CT molecular complexity index is 1350. The van der Waals surface area contributed by atoms with E-state index in [1.165, 1.54) is 47.4 Å². The van der Waals surface area contributed by atoms with Crippen molar-refractivity contribution in [1.29, 1.82) is 10.8 Å². The Labute approximate surface area is 239 Å². The zero-order valence-corrected chi connectivity index (χ0v) is 23.8. The Morgan fingerprint density at radius 1 is 1.20 bits per heavy atom. The zero-order chi connectivity index (χ0) is 30.7. The topological polar surface area (TPSA) is 121 Å². The van der Waals surface area contributed by atoms with Crippen molar-refractivity contribution >= 4 is 24.0 Å². The molecular weight excluding hydrogens is 528 g/mol. The Morgan fingerprint density at radius 3 is 2.46 bits per heavy atom. The lowest BCUT2D eigenvalue weighted by Crippen LogP contribution is -2.39. The minimum atomic E-state index is -0.702. The first-order chi connectivity index (χ1) is 19.5. The van der Waals surface area contributed by atoms with Crippen molar-refractivity contribution in [2.45, 2.75) is 46.7 Å². The van der Waals surface area contributed by atoms with Crippen LogP contribution in [0.25, 0.3) is 0 Å².